The van der Waals surface area contributed by atoms with E-state index in [-0.39, 0.29) is 24.0 Å². The maximum atomic E-state index is 5.82. The maximum Gasteiger partial charge on any atom is 0.188 e. The molecule has 0 saturated carbocycles. The summed E-state index contributed by atoms with van der Waals surface area (Å²) in [6, 6.07) is 6.43. The molecule has 108 valence electrons. The molecule has 0 saturated heterocycles. The van der Waals surface area contributed by atoms with Crippen LogP contribution in [0.1, 0.15) is 25.0 Å². The Labute approximate surface area is 137 Å². The molecular formula is C14H24IN3S. The van der Waals surface area contributed by atoms with Gasteiger partial charge in [-0.2, -0.15) is 0 Å². The molecule has 0 radical (unpaired) electrons. The Morgan fingerprint density at radius 3 is 2.68 bits per heavy atom. The van der Waals surface area contributed by atoms with Crippen LogP contribution in [0.4, 0.5) is 0 Å². The van der Waals surface area contributed by atoms with Gasteiger partial charge in [-0.15, -0.1) is 35.7 Å². The molecule has 0 unspecified atom stereocenters. The quantitative estimate of drug-likeness (QED) is 0.349. The fourth-order valence-corrected chi connectivity index (χ4v) is 2.22. The predicted octanol–water partition coefficient (Wildman–Crippen LogP) is 3.40. The summed E-state index contributed by atoms with van der Waals surface area (Å²) in [5.74, 6) is 1.09. The van der Waals surface area contributed by atoms with E-state index in [1.54, 1.807) is 11.8 Å². The number of aryl methyl sites for hydroxylation is 1. The number of nitrogens with two attached hydrogens (primary N) is 1. The average Bonchev–Trinajstić information content (AvgIpc) is 2.34. The number of nitrogens with one attached hydrogen (secondary N) is 1. The van der Waals surface area contributed by atoms with Crippen LogP contribution in [-0.2, 0) is 6.54 Å². The van der Waals surface area contributed by atoms with Crippen molar-refractivity contribution in [3.05, 3.63) is 29.3 Å². The highest BCUT2D eigenvalue weighted by molar-refractivity contribution is 14.0. The fourth-order valence-electron chi connectivity index (χ4n) is 1.52. The number of benzene rings is 1. The Kier molecular flexibility index (Phi) is 9.26. The summed E-state index contributed by atoms with van der Waals surface area (Å²) in [5.41, 5.74) is 8.32. The third-order valence-corrected chi connectivity index (χ3v) is 3.37. The molecule has 3 nitrogen and oxygen atoms in total. The lowest BCUT2D eigenvalue weighted by Gasteiger charge is -2.09. The molecular weight excluding hydrogens is 369 g/mol. The molecule has 1 aromatic rings. The van der Waals surface area contributed by atoms with Crippen LogP contribution in [0.2, 0.25) is 0 Å². The van der Waals surface area contributed by atoms with Crippen molar-refractivity contribution in [3.8, 4) is 0 Å². The molecule has 0 amide bonds. The Bertz CT molecular complexity index is 419. The second-order valence-corrected chi connectivity index (χ2v) is 5.64. The molecule has 1 rings (SSSR count). The first-order valence-corrected chi connectivity index (χ1v) is 7.42. The Balaban J connectivity index is 0.00000324. The lowest BCUT2D eigenvalue weighted by molar-refractivity contribution is 0.621. The van der Waals surface area contributed by atoms with Gasteiger partial charge < -0.3 is 11.1 Å². The van der Waals surface area contributed by atoms with Gasteiger partial charge in [0.05, 0.1) is 6.54 Å². The van der Waals surface area contributed by atoms with E-state index in [2.05, 4.69) is 55.5 Å². The van der Waals surface area contributed by atoms with E-state index in [4.69, 9.17) is 5.73 Å². The summed E-state index contributed by atoms with van der Waals surface area (Å²) in [6.07, 6.45) is 2.09. The molecule has 5 heteroatoms. The van der Waals surface area contributed by atoms with Crippen molar-refractivity contribution in [3.63, 3.8) is 0 Å². The van der Waals surface area contributed by atoms with E-state index in [1.165, 1.54) is 16.0 Å². The molecule has 0 aliphatic heterocycles. The SMILES string of the molecule is CSc1cc(C)ccc1CN=C(N)NCC(C)C.I. The summed E-state index contributed by atoms with van der Waals surface area (Å²) in [7, 11) is 0. The highest BCUT2D eigenvalue weighted by atomic mass is 127. The standard InChI is InChI=1S/C14H23N3S.HI/c1-10(2)8-16-14(15)17-9-12-6-5-11(3)7-13(12)18-4;/h5-7,10H,8-9H2,1-4H3,(H3,15,16,17);1H. The minimum Gasteiger partial charge on any atom is -0.370 e. The highest BCUT2D eigenvalue weighted by Gasteiger charge is 2.01. The van der Waals surface area contributed by atoms with Gasteiger partial charge in [-0.1, -0.05) is 26.0 Å². The van der Waals surface area contributed by atoms with Crippen molar-refractivity contribution in [2.45, 2.75) is 32.2 Å². The maximum absolute atomic E-state index is 5.82. The first-order chi connectivity index (χ1) is 8.52. The van der Waals surface area contributed by atoms with E-state index >= 15 is 0 Å². The van der Waals surface area contributed by atoms with Crippen LogP contribution in [-0.4, -0.2) is 18.8 Å². The molecule has 0 spiro atoms. The van der Waals surface area contributed by atoms with E-state index in [0.717, 1.165) is 6.54 Å². The van der Waals surface area contributed by atoms with E-state index in [1.807, 2.05) is 0 Å². The van der Waals surface area contributed by atoms with Gasteiger partial charge in [0.1, 0.15) is 0 Å². The number of hydrogen-bond acceptors (Lipinski definition) is 2. The van der Waals surface area contributed by atoms with Gasteiger partial charge in [0.2, 0.25) is 0 Å². The zero-order valence-electron chi connectivity index (χ0n) is 12.1. The first kappa shape index (κ1) is 18.6. The van der Waals surface area contributed by atoms with E-state index in [9.17, 15) is 0 Å². The number of rotatable bonds is 5. The number of aliphatic imine (C=N–C) groups is 1. The molecule has 19 heavy (non-hydrogen) atoms. The molecule has 0 fully saturated rings. The fraction of sp³-hybridized carbons (Fsp3) is 0.500. The van der Waals surface area contributed by atoms with Crippen molar-refractivity contribution in [2.24, 2.45) is 16.6 Å². The monoisotopic (exact) mass is 393 g/mol. The summed E-state index contributed by atoms with van der Waals surface area (Å²) in [6.45, 7) is 7.88. The minimum absolute atomic E-state index is 0. The van der Waals surface area contributed by atoms with Gasteiger partial charge in [-0.3, -0.25) is 0 Å². The van der Waals surface area contributed by atoms with E-state index in [0.29, 0.717) is 18.4 Å². The van der Waals surface area contributed by atoms with Crippen molar-refractivity contribution in [2.75, 3.05) is 12.8 Å². The normalized spacial score (nSPS) is 11.3. The number of hydrogen-bond donors (Lipinski definition) is 2. The molecule has 0 aromatic heterocycles. The summed E-state index contributed by atoms with van der Waals surface area (Å²) in [4.78, 5) is 5.65. The van der Waals surface area contributed by atoms with Gasteiger partial charge >= 0.3 is 0 Å². The number of nitrogens with zero attached hydrogens (tertiary/aromatic N) is 1. The molecule has 1 aromatic carbocycles. The van der Waals surface area contributed by atoms with Crippen LogP contribution >= 0.6 is 35.7 Å². The molecule has 0 aliphatic carbocycles. The number of thioether (sulfide) groups is 1. The second kappa shape index (κ2) is 9.47. The van der Waals surface area contributed by atoms with Gasteiger partial charge in [0.25, 0.3) is 0 Å². The number of guanidine groups is 1. The number of halogens is 1. The Morgan fingerprint density at radius 1 is 1.42 bits per heavy atom. The van der Waals surface area contributed by atoms with Crippen LogP contribution < -0.4 is 11.1 Å². The van der Waals surface area contributed by atoms with Crippen molar-refractivity contribution in [1.82, 2.24) is 5.32 Å². The van der Waals surface area contributed by atoms with Gasteiger partial charge in [-0.05, 0) is 36.3 Å². The van der Waals surface area contributed by atoms with Crippen molar-refractivity contribution < 1.29 is 0 Å². The van der Waals surface area contributed by atoms with Crippen LogP contribution in [0, 0.1) is 12.8 Å². The second-order valence-electron chi connectivity index (χ2n) is 4.79. The van der Waals surface area contributed by atoms with Crippen LogP contribution in [0.15, 0.2) is 28.1 Å². The zero-order valence-corrected chi connectivity index (χ0v) is 15.2. The Hall–Kier alpha value is -0.430. The van der Waals surface area contributed by atoms with Gasteiger partial charge in [0, 0.05) is 11.4 Å². The molecule has 0 bridgehead atoms. The van der Waals surface area contributed by atoms with Crippen molar-refractivity contribution >= 4 is 41.7 Å². The zero-order chi connectivity index (χ0) is 13.5. The summed E-state index contributed by atoms with van der Waals surface area (Å²) in [5, 5.41) is 3.12. The summed E-state index contributed by atoms with van der Waals surface area (Å²) >= 11 is 1.75. The summed E-state index contributed by atoms with van der Waals surface area (Å²) < 4.78 is 0. The third kappa shape index (κ3) is 7.06. The van der Waals surface area contributed by atoms with E-state index < -0.39 is 0 Å². The lowest BCUT2D eigenvalue weighted by Crippen LogP contribution is -2.34. The highest BCUT2D eigenvalue weighted by Crippen LogP contribution is 2.22. The van der Waals surface area contributed by atoms with Crippen LogP contribution in [0.5, 0.6) is 0 Å². The van der Waals surface area contributed by atoms with Gasteiger partial charge in [0.15, 0.2) is 5.96 Å². The Morgan fingerprint density at radius 2 is 2.11 bits per heavy atom. The topological polar surface area (TPSA) is 50.4 Å². The average molecular weight is 393 g/mol. The van der Waals surface area contributed by atoms with Crippen molar-refractivity contribution in [1.29, 1.82) is 0 Å². The molecule has 3 N–H and O–H groups in total. The smallest absolute Gasteiger partial charge is 0.188 e. The molecule has 0 heterocycles. The lowest BCUT2D eigenvalue weighted by atomic mass is 10.1. The molecule has 0 aliphatic rings. The van der Waals surface area contributed by atoms with Crippen LogP contribution in [0.3, 0.4) is 0 Å². The van der Waals surface area contributed by atoms with Gasteiger partial charge in [-0.25, -0.2) is 4.99 Å². The first-order valence-electron chi connectivity index (χ1n) is 6.20. The largest absolute Gasteiger partial charge is 0.370 e. The third-order valence-electron chi connectivity index (χ3n) is 2.55. The predicted molar refractivity (Wildman–Crippen MR) is 96.5 cm³/mol. The minimum atomic E-state index is 0. The molecule has 0 atom stereocenters. The van der Waals surface area contributed by atoms with Crippen LogP contribution in [0.25, 0.3) is 0 Å².